The van der Waals surface area contributed by atoms with Crippen LogP contribution in [0.5, 0.6) is 0 Å². The number of nitrogen functional groups attached to an aromatic ring is 1. The van der Waals surface area contributed by atoms with E-state index < -0.39 is 0 Å². The molecule has 0 fully saturated rings. The Bertz CT molecular complexity index is 341. The summed E-state index contributed by atoms with van der Waals surface area (Å²) in [6.07, 6.45) is 2.27. The average molecular weight is 230 g/mol. The van der Waals surface area contributed by atoms with E-state index in [4.69, 9.17) is 17.3 Å². The molecule has 76 valence electrons. The fourth-order valence-corrected chi connectivity index (χ4v) is 2.10. The molecule has 0 aromatic heterocycles. The van der Waals surface area contributed by atoms with Gasteiger partial charge in [0, 0.05) is 28.4 Å². The quantitative estimate of drug-likeness (QED) is 0.374. The first-order valence-electron chi connectivity index (χ1n) is 4.22. The van der Waals surface area contributed by atoms with Crippen LogP contribution in [0.15, 0.2) is 23.1 Å². The third-order valence-corrected chi connectivity index (χ3v) is 2.92. The van der Waals surface area contributed by atoms with Gasteiger partial charge in [-0.05, 0) is 12.3 Å². The van der Waals surface area contributed by atoms with Crippen LogP contribution in [0.4, 0.5) is 5.69 Å². The molecule has 4 heteroatoms. The van der Waals surface area contributed by atoms with Gasteiger partial charge in [-0.3, -0.25) is 4.79 Å². The SMILES string of the molecule is CSc1c(N)cccc1C(=O)CCCl. The molecule has 0 spiro atoms. The lowest BCUT2D eigenvalue weighted by atomic mass is 10.1. The number of thioether (sulfide) groups is 1. The van der Waals surface area contributed by atoms with Gasteiger partial charge in [0.1, 0.15) is 0 Å². The number of benzene rings is 1. The Balaban J connectivity index is 3.07. The number of carbonyl (C=O) groups excluding carboxylic acids is 1. The number of Topliss-reactive ketones (excluding diaryl/α,β-unsaturated/α-hetero) is 1. The Hall–Kier alpha value is -0.670. The van der Waals surface area contributed by atoms with Crippen LogP contribution in [0, 0.1) is 0 Å². The third kappa shape index (κ3) is 2.42. The van der Waals surface area contributed by atoms with Crippen molar-refractivity contribution in [2.24, 2.45) is 0 Å². The standard InChI is InChI=1S/C10H12ClNOS/c1-14-10-7(9(13)5-6-11)3-2-4-8(10)12/h2-4H,5-6,12H2,1H3. The van der Waals surface area contributed by atoms with Crippen molar-refractivity contribution in [2.45, 2.75) is 11.3 Å². The zero-order valence-corrected chi connectivity index (χ0v) is 9.49. The first kappa shape index (κ1) is 11.4. The van der Waals surface area contributed by atoms with Crippen LogP contribution in [0.25, 0.3) is 0 Å². The van der Waals surface area contributed by atoms with Gasteiger partial charge >= 0.3 is 0 Å². The second kappa shape index (κ2) is 5.27. The van der Waals surface area contributed by atoms with Gasteiger partial charge in [-0.15, -0.1) is 23.4 Å². The first-order chi connectivity index (χ1) is 6.70. The Morgan fingerprint density at radius 1 is 1.57 bits per heavy atom. The van der Waals surface area contributed by atoms with Crippen LogP contribution < -0.4 is 5.73 Å². The van der Waals surface area contributed by atoms with Gasteiger partial charge in [0.25, 0.3) is 0 Å². The van der Waals surface area contributed by atoms with Gasteiger partial charge in [0.15, 0.2) is 5.78 Å². The molecule has 0 radical (unpaired) electrons. The minimum atomic E-state index is 0.0525. The van der Waals surface area contributed by atoms with Crippen LogP contribution in [0.3, 0.4) is 0 Å². The van der Waals surface area contributed by atoms with Gasteiger partial charge in [0.05, 0.1) is 0 Å². The smallest absolute Gasteiger partial charge is 0.165 e. The molecular weight excluding hydrogens is 218 g/mol. The molecule has 0 aliphatic rings. The third-order valence-electron chi connectivity index (χ3n) is 1.87. The molecule has 0 aliphatic heterocycles. The number of hydrogen-bond acceptors (Lipinski definition) is 3. The Kier molecular flexibility index (Phi) is 4.29. The molecule has 0 amide bonds. The Morgan fingerprint density at radius 2 is 2.29 bits per heavy atom. The molecule has 0 bridgehead atoms. The average Bonchev–Trinajstić information content (AvgIpc) is 2.17. The summed E-state index contributed by atoms with van der Waals surface area (Å²) >= 11 is 7.01. The van der Waals surface area contributed by atoms with Gasteiger partial charge in [0.2, 0.25) is 0 Å². The van der Waals surface area contributed by atoms with E-state index in [9.17, 15) is 4.79 Å². The molecule has 0 heterocycles. The Labute approximate surface area is 92.8 Å². The van der Waals surface area contributed by atoms with Crippen molar-refractivity contribution < 1.29 is 4.79 Å². The Morgan fingerprint density at radius 3 is 2.86 bits per heavy atom. The van der Waals surface area contributed by atoms with Gasteiger partial charge in [-0.1, -0.05) is 12.1 Å². The summed E-state index contributed by atoms with van der Waals surface area (Å²) in [5, 5.41) is 0. The van der Waals surface area contributed by atoms with Crippen molar-refractivity contribution in [3.05, 3.63) is 23.8 Å². The molecule has 14 heavy (non-hydrogen) atoms. The summed E-state index contributed by atoms with van der Waals surface area (Å²) in [6, 6.07) is 5.37. The molecule has 0 aliphatic carbocycles. The van der Waals surface area contributed by atoms with Gasteiger partial charge < -0.3 is 5.73 Å². The first-order valence-corrected chi connectivity index (χ1v) is 5.98. The highest BCUT2D eigenvalue weighted by Gasteiger charge is 2.11. The fraction of sp³-hybridized carbons (Fsp3) is 0.300. The predicted octanol–water partition coefficient (Wildman–Crippen LogP) is 2.80. The predicted molar refractivity (Wildman–Crippen MR) is 62.3 cm³/mol. The van der Waals surface area contributed by atoms with Crippen molar-refractivity contribution in [3.63, 3.8) is 0 Å². The molecule has 0 saturated heterocycles. The maximum absolute atomic E-state index is 11.6. The van der Waals surface area contributed by atoms with Crippen molar-refractivity contribution in [1.29, 1.82) is 0 Å². The zero-order chi connectivity index (χ0) is 10.6. The maximum Gasteiger partial charge on any atom is 0.165 e. The maximum atomic E-state index is 11.6. The highest BCUT2D eigenvalue weighted by atomic mass is 35.5. The fourth-order valence-electron chi connectivity index (χ4n) is 1.22. The minimum Gasteiger partial charge on any atom is -0.398 e. The van der Waals surface area contributed by atoms with E-state index in [-0.39, 0.29) is 5.78 Å². The lowest BCUT2D eigenvalue weighted by Crippen LogP contribution is -2.03. The van der Waals surface area contributed by atoms with Crippen molar-refractivity contribution in [2.75, 3.05) is 17.9 Å². The largest absolute Gasteiger partial charge is 0.398 e. The van der Waals surface area contributed by atoms with E-state index in [1.54, 1.807) is 18.2 Å². The molecule has 0 unspecified atom stereocenters. The highest BCUT2D eigenvalue weighted by molar-refractivity contribution is 7.98. The summed E-state index contributed by atoms with van der Waals surface area (Å²) in [5.74, 6) is 0.401. The number of hydrogen-bond donors (Lipinski definition) is 1. The van der Waals surface area contributed by atoms with Crippen LogP contribution in [-0.4, -0.2) is 17.9 Å². The van der Waals surface area contributed by atoms with Gasteiger partial charge in [-0.2, -0.15) is 0 Å². The normalized spacial score (nSPS) is 10.1. The van der Waals surface area contributed by atoms with Crippen molar-refractivity contribution in [3.8, 4) is 0 Å². The zero-order valence-electron chi connectivity index (χ0n) is 7.92. The lowest BCUT2D eigenvalue weighted by molar-refractivity contribution is 0.0986. The molecule has 2 N–H and O–H groups in total. The number of anilines is 1. The summed E-state index contributed by atoms with van der Waals surface area (Å²) in [5.41, 5.74) is 7.09. The van der Waals surface area contributed by atoms with E-state index in [0.717, 1.165) is 4.90 Å². The van der Waals surface area contributed by atoms with E-state index in [1.807, 2.05) is 6.26 Å². The van der Waals surface area contributed by atoms with Crippen LogP contribution in [0.1, 0.15) is 16.8 Å². The molecule has 0 atom stereocenters. The molecule has 1 rings (SSSR count). The monoisotopic (exact) mass is 229 g/mol. The number of nitrogens with two attached hydrogens (primary N) is 1. The van der Waals surface area contributed by atoms with E-state index in [0.29, 0.717) is 23.6 Å². The second-order valence-electron chi connectivity index (χ2n) is 2.79. The lowest BCUT2D eigenvalue weighted by Gasteiger charge is -2.07. The second-order valence-corrected chi connectivity index (χ2v) is 3.98. The molecule has 2 nitrogen and oxygen atoms in total. The highest BCUT2D eigenvalue weighted by Crippen LogP contribution is 2.27. The number of carbonyl (C=O) groups is 1. The van der Waals surface area contributed by atoms with E-state index >= 15 is 0 Å². The molecular formula is C10H12ClNOS. The number of halogens is 1. The van der Waals surface area contributed by atoms with E-state index in [2.05, 4.69) is 0 Å². The number of rotatable bonds is 4. The molecule has 1 aromatic rings. The summed E-state index contributed by atoms with van der Waals surface area (Å²) in [6.45, 7) is 0. The van der Waals surface area contributed by atoms with Crippen LogP contribution in [0.2, 0.25) is 0 Å². The van der Waals surface area contributed by atoms with Crippen LogP contribution in [-0.2, 0) is 0 Å². The van der Waals surface area contributed by atoms with Crippen molar-refractivity contribution >= 4 is 34.8 Å². The molecule has 0 saturated carbocycles. The number of ketones is 1. The molecule has 1 aromatic carbocycles. The van der Waals surface area contributed by atoms with Gasteiger partial charge in [-0.25, -0.2) is 0 Å². The van der Waals surface area contributed by atoms with E-state index in [1.165, 1.54) is 11.8 Å². The number of alkyl halides is 1. The minimum absolute atomic E-state index is 0.0525. The van der Waals surface area contributed by atoms with Crippen molar-refractivity contribution in [1.82, 2.24) is 0 Å². The summed E-state index contributed by atoms with van der Waals surface area (Å²) in [4.78, 5) is 12.5. The topological polar surface area (TPSA) is 43.1 Å². The summed E-state index contributed by atoms with van der Waals surface area (Å²) < 4.78 is 0. The van der Waals surface area contributed by atoms with Crippen LogP contribution >= 0.6 is 23.4 Å². The summed E-state index contributed by atoms with van der Waals surface area (Å²) in [7, 11) is 0.